The molecule has 0 radical (unpaired) electrons. The van der Waals surface area contributed by atoms with Crippen molar-refractivity contribution in [3.05, 3.63) is 35.9 Å². The molecule has 0 fully saturated rings. The second-order valence-corrected chi connectivity index (χ2v) is 5.28. The predicted molar refractivity (Wildman–Crippen MR) is 80.8 cm³/mol. The molecule has 2 unspecified atom stereocenters. The highest BCUT2D eigenvalue weighted by molar-refractivity contribution is 5.19. The van der Waals surface area contributed by atoms with Crippen LogP contribution in [0.2, 0.25) is 0 Å². The summed E-state index contributed by atoms with van der Waals surface area (Å²) in [6, 6.07) is 12.0. The number of hydrogen-bond donors (Lipinski definition) is 1. The van der Waals surface area contributed by atoms with E-state index < -0.39 is 0 Å². The maximum Gasteiger partial charge on any atom is 0.0322 e. The monoisotopic (exact) mass is 247 g/mol. The molecule has 1 aromatic carbocycles. The van der Waals surface area contributed by atoms with Gasteiger partial charge < -0.3 is 5.32 Å². The van der Waals surface area contributed by atoms with Crippen molar-refractivity contribution < 1.29 is 0 Å². The van der Waals surface area contributed by atoms with E-state index in [1.165, 1.54) is 31.2 Å². The van der Waals surface area contributed by atoms with Gasteiger partial charge in [-0.1, -0.05) is 70.4 Å². The Balaban J connectivity index is 2.69. The van der Waals surface area contributed by atoms with Crippen molar-refractivity contribution in [2.45, 2.75) is 65.5 Å². The van der Waals surface area contributed by atoms with Gasteiger partial charge in [-0.15, -0.1) is 0 Å². The molecule has 102 valence electrons. The molecule has 0 amide bonds. The van der Waals surface area contributed by atoms with E-state index in [1.54, 1.807) is 0 Å². The molecule has 0 spiro atoms. The van der Waals surface area contributed by atoms with Crippen LogP contribution in [0.4, 0.5) is 0 Å². The molecular formula is C17H29N. The van der Waals surface area contributed by atoms with Crippen LogP contribution < -0.4 is 5.32 Å². The highest BCUT2D eigenvalue weighted by Crippen LogP contribution is 2.22. The summed E-state index contributed by atoms with van der Waals surface area (Å²) in [4.78, 5) is 0. The Morgan fingerprint density at radius 2 is 1.61 bits per heavy atom. The minimum Gasteiger partial charge on any atom is -0.307 e. The van der Waals surface area contributed by atoms with Gasteiger partial charge in [0.1, 0.15) is 0 Å². The molecule has 0 saturated carbocycles. The van der Waals surface area contributed by atoms with Crippen LogP contribution in [-0.2, 0) is 0 Å². The number of nitrogens with one attached hydrogen (secondary N) is 1. The van der Waals surface area contributed by atoms with Crippen LogP contribution >= 0.6 is 0 Å². The molecule has 1 N–H and O–H groups in total. The zero-order chi connectivity index (χ0) is 13.4. The maximum absolute atomic E-state index is 3.84. The van der Waals surface area contributed by atoms with Crippen molar-refractivity contribution in [1.82, 2.24) is 5.32 Å². The summed E-state index contributed by atoms with van der Waals surface area (Å²) in [6.45, 7) is 9.19. The zero-order valence-electron chi connectivity index (χ0n) is 12.4. The second-order valence-electron chi connectivity index (χ2n) is 5.28. The Labute approximate surface area is 113 Å². The quantitative estimate of drug-likeness (QED) is 0.686. The largest absolute Gasteiger partial charge is 0.307 e. The van der Waals surface area contributed by atoms with E-state index in [9.17, 15) is 0 Å². The van der Waals surface area contributed by atoms with Crippen LogP contribution in [0, 0.1) is 5.92 Å². The molecule has 1 heteroatoms. The van der Waals surface area contributed by atoms with Crippen molar-refractivity contribution in [2.75, 3.05) is 0 Å². The third-order valence-corrected chi connectivity index (χ3v) is 4.00. The number of rotatable bonds is 8. The van der Waals surface area contributed by atoms with E-state index in [2.05, 4.69) is 63.3 Å². The molecule has 0 heterocycles. The fourth-order valence-electron chi connectivity index (χ4n) is 2.77. The summed E-state index contributed by atoms with van der Waals surface area (Å²) >= 11 is 0. The highest BCUT2D eigenvalue weighted by atomic mass is 14.9. The standard InChI is InChI=1S/C17H29N/c1-5-11-17(16-12-9-8-10-13-16)18-14(4)15(6-2)7-3/h8-10,12-15,17-18H,5-7,11H2,1-4H3. The summed E-state index contributed by atoms with van der Waals surface area (Å²) in [5, 5.41) is 3.84. The van der Waals surface area contributed by atoms with Gasteiger partial charge in [0.15, 0.2) is 0 Å². The van der Waals surface area contributed by atoms with Gasteiger partial charge in [-0.3, -0.25) is 0 Å². The first-order chi connectivity index (χ1) is 8.72. The van der Waals surface area contributed by atoms with E-state index >= 15 is 0 Å². The first-order valence-electron chi connectivity index (χ1n) is 7.53. The van der Waals surface area contributed by atoms with Gasteiger partial charge in [0.2, 0.25) is 0 Å². The van der Waals surface area contributed by atoms with Crippen molar-refractivity contribution in [3.8, 4) is 0 Å². The lowest BCUT2D eigenvalue weighted by molar-refractivity contribution is 0.314. The summed E-state index contributed by atoms with van der Waals surface area (Å²) < 4.78 is 0. The molecule has 0 bridgehead atoms. The molecule has 0 aliphatic rings. The lowest BCUT2D eigenvalue weighted by atomic mass is 9.93. The van der Waals surface area contributed by atoms with E-state index in [0.717, 1.165) is 5.92 Å². The third kappa shape index (κ3) is 4.45. The molecule has 2 atom stereocenters. The Bertz CT molecular complexity index is 303. The second kappa shape index (κ2) is 8.31. The number of benzene rings is 1. The van der Waals surface area contributed by atoms with Crippen LogP contribution in [0.3, 0.4) is 0 Å². The van der Waals surface area contributed by atoms with Crippen molar-refractivity contribution in [1.29, 1.82) is 0 Å². The molecule has 0 aliphatic heterocycles. The molecular weight excluding hydrogens is 218 g/mol. The maximum atomic E-state index is 3.84. The van der Waals surface area contributed by atoms with Crippen LogP contribution in [0.1, 0.15) is 65.0 Å². The molecule has 1 rings (SSSR count). The molecule has 0 aromatic heterocycles. The molecule has 0 aliphatic carbocycles. The highest BCUT2D eigenvalue weighted by Gasteiger charge is 2.18. The smallest absolute Gasteiger partial charge is 0.0322 e. The lowest BCUT2D eigenvalue weighted by Crippen LogP contribution is -2.36. The van der Waals surface area contributed by atoms with Crippen LogP contribution in [-0.4, -0.2) is 6.04 Å². The van der Waals surface area contributed by atoms with Gasteiger partial charge in [-0.2, -0.15) is 0 Å². The normalized spacial score (nSPS) is 14.7. The topological polar surface area (TPSA) is 12.0 Å². The molecule has 1 aromatic rings. The predicted octanol–water partition coefficient (Wildman–Crippen LogP) is 4.94. The van der Waals surface area contributed by atoms with Gasteiger partial charge in [-0.25, -0.2) is 0 Å². The van der Waals surface area contributed by atoms with E-state index in [1.807, 2.05) is 0 Å². The van der Waals surface area contributed by atoms with Crippen molar-refractivity contribution in [3.63, 3.8) is 0 Å². The van der Waals surface area contributed by atoms with E-state index in [4.69, 9.17) is 0 Å². The Morgan fingerprint density at radius 3 is 2.11 bits per heavy atom. The lowest BCUT2D eigenvalue weighted by Gasteiger charge is -2.28. The summed E-state index contributed by atoms with van der Waals surface area (Å²) in [5.74, 6) is 0.785. The average Bonchev–Trinajstić information content (AvgIpc) is 2.40. The fraction of sp³-hybridized carbons (Fsp3) is 0.647. The molecule has 18 heavy (non-hydrogen) atoms. The van der Waals surface area contributed by atoms with Crippen LogP contribution in [0.25, 0.3) is 0 Å². The van der Waals surface area contributed by atoms with E-state index in [0.29, 0.717) is 12.1 Å². The van der Waals surface area contributed by atoms with Crippen LogP contribution in [0.5, 0.6) is 0 Å². The fourth-order valence-corrected chi connectivity index (χ4v) is 2.77. The van der Waals surface area contributed by atoms with Gasteiger partial charge in [0.05, 0.1) is 0 Å². The van der Waals surface area contributed by atoms with Gasteiger partial charge in [0, 0.05) is 12.1 Å². The minimum absolute atomic E-state index is 0.506. The van der Waals surface area contributed by atoms with Crippen molar-refractivity contribution in [2.24, 2.45) is 5.92 Å². The van der Waals surface area contributed by atoms with Gasteiger partial charge in [0.25, 0.3) is 0 Å². The van der Waals surface area contributed by atoms with E-state index in [-0.39, 0.29) is 0 Å². The van der Waals surface area contributed by atoms with Crippen molar-refractivity contribution >= 4 is 0 Å². The number of hydrogen-bond acceptors (Lipinski definition) is 1. The SMILES string of the molecule is CCCC(NC(C)C(CC)CC)c1ccccc1. The zero-order valence-corrected chi connectivity index (χ0v) is 12.4. The Morgan fingerprint density at radius 1 is 1.00 bits per heavy atom. The minimum atomic E-state index is 0.506. The van der Waals surface area contributed by atoms with Gasteiger partial charge in [-0.05, 0) is 24.8 Å². The first-order valence-corrected chi connectivity index (χ1v) is 7.53. The van der Waals surface area contributed by atoms with Gasteiger partial charge >= 0.3 is 0 Å². The average molecular weight is 247 g/mol. The summed E-state index contributed by atoms with van der Waals surface area (Å²) in [5.41, 5.74) is 1.43. The third-order valence-electron chi connectivity index (χ3n) is 4.00. The molecule has 0 saturated heterocycles. The summed E-state index contributed by atoms with van der Waals surface area (Å²) in [6.07, 6.45) is 4.97. The Hall–Kier alpha value is -0.820. The Kier molecular flexibility index (Phi) is 7.04. The molecule has 1 nitrogen and oxygen atoms in total. The first kappa shape index (κ1) is 15.2. The summed E-state index contributed by atoms with van der Waals surface area (Å²) in [7, 11) is 0. The van der Waals surface area contributed by atoms with Crippen LogP contribution in [0.15, 0.2) is 30.3 Å².